The summed E-state index contributed by atoms with van der Waals surface area (Å²) in [6.07, 6.45) is 12.5. The Morgan fingerprint density at radius 3 is 2.33 bits per heavy atom. The molecule has 0 aromatic heterocycles. The SMILES string of the molecule is CCCCP1C2CCCC1CC2. The fourth-order valence-electron chi connectivity index (χ4n) is 2.93. The van der Waals surface area contributed by atoms with Crippen LogP contribution < -0.4 is 0 Å². The van der Waals surface area contributed by atoms with Gasteiger partial charge in [-0.3, -0.25) is 0 Å². The summed E-state index contributed by atoms with van der Waals surface area (Å²) in [6.45, 7) is 2.33. The molecule has 2 aliphatic rings. The minimum Gasteiger partial charge on any atom is -0.100 e. The fourth-order valence-corrected chi connectivity index (χ4v) is 6.93. The molecular weight excluding hydrogens is 163 g/mol. The first-order valence-electron chi connectivity index (χ1n) is 5.67. The summed E-state index contributed by atoms with van der Waals surface area (Å²) in [7, 11) is 0.511. The van der Waals surface area contributed by atoms with E-state index >= 15 is 0 Å². The summed E-state index contributed by atoms with van der Waals surface area (Å²) in [6, 6.07) is 0. The Morgan fingerprint density at radius 2 is 1.75 bits per heavy atom. The Kier molecular flexibility index (Phi) is 3.07. The van der Waals surface area contributed by atoms with Crippen LogP contribution in [0.5, 0.6) is 0 Å². The van der Waals surface area contributed by atoms with Crippen molar-refractivity contribution in [3.8, 4) is 0 Å². The van der Waals surface area contributed by atoms with E-state index in [-0.39, 0.29) is 0 Å². The first-order chi connectivity index (χ1) is 5.92. The molecule has 0 nitrogen and oxygen atoms in total. The average molecular weight is 184 g/mol. The topological polar surface area (TPSA) is 0 Å². The highest BCUT2D eigenvalue weighted by Crippen LogP contribution is 2.61. The molecule has 0 saturated carbocycles. The van der Waals surface area contributed by atoms with E-state index in [1.165, 1.54) is 24.2 Å². The Balaban J connectivity index is 1.87. The highest BCUT2D eigenvalue weighted by Gasteiger charge is 2.37. The molecular formula is C11H21P. The van der Waals surface area contributed by atoms with Crippen LogP contribution in [0.1, 0.15) is 51.9 Å². The molecule has 2 fully saturated rings. The number of hydrogen-bond acceptors (Lipinski definition) is 0. The quantitative estimate of drug-likeness (QED) is 0.582. The molecule has 2 aliphatic heterocycles. The van der Waals surface area contributed by atoms with Crippen LogP contribution in [0.25, 0.3) is 0 Å². The lowest BCUT2D eigenvalue weighted by atomic mass is 10.2. The largest absolute Gasteiger partial charge is 0.100 e. The summed E-state index contributed by atoms with van der Waals surface area (Å²) in [5.74, 6) is 0. The van der Waals surface area contributed by atoms with Crippen molar-refractivity contribution < 1.29 is 0 Å². The second kappa shape index (κ2) is 4.09. The van der Waals surface area contributed by atoms with Gasteiger partial charge in [0.15, 0.2) is 0 Å². The lowest BCUT2D eigenvalue weighted by molar-refractivity contribution is 0.668. The maximum absolute atomic E-state index is 2.33. The zero-order valence-corrected chi connectivity index (χ0v) is 9.15. The van der Waals surface area contributed by atoms with Crippen LogP contribution in [0, 0.1) is 0 Å². The average Bonchev–Trinajstić information content (AvgIpc) is 2.36. The second-order valence-corrected chi connectivity index (χ2v) is 7.34. The summed E-state index contributed by atoms with van der Waals surface area (Å²) < 4.78 is 0. The van der Waals surface area contributed by atoms with Crippen molar-refractivity contribution in [2.75, 3.05) is 6.16 Å². The van der Waals surface area contributed by atoms with Gasteiger partial charge < -0.3 is 0 Å². The summed E-state index contributed by atoms with van der Waals surface area (Å²) in [5.41, 5.74) is 2.43. The van der Waals surface area contributed by atoms with E-state index < -0.39 is 0 Å². The van der Waals surface area contributed by atoms with E-state index in [9.17, 15) is 0 Å². The standard InChI is InChI=1S/C11H21P/c1-2-3-9-12-10-5-4-6-11(12)8-7-10/h10-11H,2-9H2,1H3. The number of unbranched alkanes of at least 4 members (excludes halogenated alkanes) is 1. The maximum atomic E-state index is 2.33. The van der Waals surface area contributed by atoms with E-state index in [0.29, 0.717) is 7.92 Å². The normalized spacial score (nSPS) is 40.2. The molecule has 2 saturated heterocycles. The van der Waals surface area contributed by atoms with Crippen LogP contribution >= 0.6 is 7.92 Å². The molecule has 2 rings (SSSR count). The van der Waals surface area contributed by atoms with E-state index in [0.717, 1.165) is 0 Å². The van der Waals surface area contributed by atoms with Crippen molar-refractivity contribution in [3.05, 3.63) is 0 Å². The van der Waals surface area contributed by atoms with Gasteiger partial charge in [0.2, 0.25) is 0 Å². The maximum Gasteiger partial charge on any atom is -0.0206 e. The summed E-state index contributed by atoms with van der Waals surface area (Å²) in [4.78, 5) is 0. The Labute approximate surface area is 77.9 Å². The van der Waals surface area contributed by atoms with Crippen LogP contribution in [0.15, 0.2) is 0 Å². The third-order valence-electron chi connectivity index (χ3n) is 3.62. The van der Waals surface area contributed by atoms with Gasteiger partial charge in [0.05, 0.1) is 0 Å². The van der Waals surface area contributed by atoms with Crippen molar-refractivity contribution in [3.63, 3.8) is 0 Å². The molecule has 0 spiro atoms. The van der Waals surface area contributed by atoms with E-state index in [1.807, 2.05) is 0 Å². The third kappa shape index (κ3) is 1.69. The van der Waals surface area contributed by atoms with E-state index in [1.54, 1.807) is 38.3 Å². The van der Waals surface area contributed by atoms with Gasteiger partial charge in [-0.2, -0.15) is 0 Å². The van der Waals surface area contributed by atoms with Gasteiger partial charge in [-0.15, -0.1) is 7.92 Å². The van der Waals surface area contributed by atoms with Crippen LogP contribution in [0.2, 0.25) is 0 Å². The van der Waals surface area contributed by atoms with Crippen LogP contribution in [-0.2, 0) is 0 Å². The van der Waals surface area contributed by atoms with Crippen LogP contribution in [0.4, 0.5) is 0 Å². The minimum atomic E-state index is 0.511. The molecule has 0 aromatic carbocycles. The molecule has 0 aliphatic carbocycles. The molecule has 12 heavy (non-hydrogen) atoms. The van der Waals surface area contributed by atoms with E-state index in [2.05, 4.69) is 6.92 Å². The summed E-state index contributed by atoms with van der Waals surface area (Å²) in [5, 5.41) is 0. The molecule has 1 heteroatoms. The van der Waals surface area contributed by atoms with Gasteiger partial charge in [0.1, 0.15) is 0 Å². The van der Waals surface area contributed by atoms with Crippen LogP contribution in [0.3, 0.4) is 0 Å². The van der Waals surface area contributed by atoms with E-state index in [4.69, 9.17) is 0 Å². The van der Waals surface area contributed by atoms with Crippen molar-refractivity contribution in [2.45, 2.75) is 63.2 Å². The molecule has 2 bridgehead atoms. The third-order valence-corrected chi connectivity index (χ3v) is 7.36. The smallest absolute Gasteiger partial charge is 0.0206 e. The molecule has 0 amide bonds. The monoisotopic (exact) mass is 184 g/mol. The molecule has 0 N–H and O–H groups in total. The first kappa shape index (κ1) is 9.00. The molecule has 2 unspecified atom stereocenters. The van der Waals surface area contributed by atoms with Crippen molar-refractivity contribution in [1.82, 2.24) is 0 Å². The zero-order valence-electron chi connectivity index (χ0n) is 8.26. The van der Waals surface area contributed by atoms with Gasteiger partial charge in [-0.25, -0.2) is 0 Å². The number of hydrogen-bond donors (Lipinski definition) is 0. The lowest BCUT2D eigenvalue weighted by Gasteiger charge is -2.30. The van der Waals surface area contributed by atoms with Gasteiger partial charge in [0.25, 0.3) is 0 Å². The zero-order chi connectivity index (χ0) is 8.39. The van der Waals surface area contributed by atoms with Gasteiger partial charge in [0, 0.05) is 0 Å². The number of fused-ring (bicyclic) bond motifs is 2. The minimum absolute atomic E-state index is 0.511. The van der Waals surface area contributed by atoms with Crippen molar-refractivity contribution >= 4 is 7.92 Å². The fraction of sp³-hybridized carbons (Fsp3) is 1.00. The van der Waals surface area contributed by atoms with Gasteiger partial charge in [-0.1, -0.05) is 19.8 Å². The highest BCUT2D eigenvalue weighted by molar-refractivity contribution is 7.59. The summed E-state index contributed by atoms with van der Waals surface area (Å²) >= 11 is 0. The second-order valence-electron chi connectivity index (χ2n) is 4.41. The molecule has 2 atom stereocenters. The predicted molar refractivity (Wildman–Crippen MR) is 57.4 cm³/mol. The Morgan fingerprint density at radius 1 is 1.08 bits per heavy atom. The van der Waals surface area contributed by atoms with Crippen molar-refractivity contribution in [1.29, 1.82) is 0 Å². The number of rotatable bonds is 3. The predicted octanol–water partition coefficient (Wildman–Crippen LogP) is 3.98. The first-order valence-corrected chi connectivity index (χ1v) is 7.34. The lowest BCUT2D eigenvalue weighted by Crippen LogP contribution is -2.12. The Hall–Kier alpha value is 0.430. The van der Waals surface area contributed by atoms with Crippen LogP contribution in [-0.4, -0.2) is 17.5 Å². The van der Waals surface area contributed by atoms with Crippen molar-refractivity contribution in [2.24, 2.45) is 0 Å². The van der Waals surface area contributed by atoms with Gasteiger partial charge >= 0.3 is 0 Å². The molecule has 2 heterocycles. The Bertz CT molecular complexity index is 128. The highest BCUT2D eigenvalue weighted by atomic mass is 31.1. The molecule has 0 radical (unpaired) electrons. The molecule has 0 aromatic rings. The van der Waals surface area contributed by atoms with Gasteiger partial charge in [-0.05, 0) is 49.6 Å². The molecule has 70 valence electrons.